The fourth-order valence-corrected chi connectivity index (χ4v) is 1.55. The van der Waals surface area contributed by atoms with Gasteiger partial charge >= 0.3 is 0 Å². The van der Waals surface area contributed by atoms with Gasteiger partial charge in [0.15, 0.2) is 5.12 Å². The second-order valence-electron chi connectivity index (χ2n) is 2.10. The average Bonchev–Trinajstić information content (AvgIpc) is 1.84. The lowest BCUT2D eigenvalue weighted by molar-refractivity contribution is -0.126. The molecule has 0 aromatic rings. The summed E-state index contributed by atoms with van der Waals surface area (Å²) in [6.45, 7) is 1.82. The summed E-state index contributed by atoms with van der Waals surface area (Å²) in [5.74, 6) is 0.0430. The maximum Gasteiger partial charge on any atom is 0.223 e. The molecule has 3 nitrogen and oxygen atoms in total. The molecule has 1 unspecified atom stereocenters. The number of nitrogens with one attached hydrogen (secondary N) is 1. The summed E-state index contributed by atoms with van der Waals surface area (Å²) in [7, 11) is 0. The van der Waals surface area contributed by atoms with Gasteiger partial charge in [-0.15, -0.1) is 0 Å². The van der Waals surface area contributed by atoms with Crippen molar-refractivity contribution in [1.29, 1.82) is 0 Å². The largest absolute Gasteiger partial charge is 0.343 e. The summed E-state index contributed by atoms with van der Waals surface area (Å²) in [5.41, 5.74) is 0. The molecule has 10 heavy (non-hydrogen) atoms. The summed E-state index contributed by atoms with van der Waals surface area (Å²) in [6.07, 6.45) is 1.04. The van der Waals surface area contributed by atoms with Gasteiger partial charge in [0.1, 0.15) is 0 Å². The van der Waals surface area contributed by atoms with Gasteiger partial charge in [-0.25, -0.2) is 0 Å². The molecule has 1 aliphatic rings. The molecule has 1 aliphatic heterocycles. The van der Waals surface area contributed by atoms with Crippen LogP contribution in [-0.2, 0) is 9.59 Å². The Bertz CT molecular complexity index is 161. The Morgan fingerprint density at radius 3 is 2.90 bits per heavy atom. The van der Waals surface area contributed by atoms with E-state index in [-0.39, 0.29) is 16.4 Å². The maximum absolute atomic E-state index is 10.7. The van der Waals surface area contributed by atoms with E-state index in [9.17, 15) is 9.59 Å². The molecule has 1 heterocycles. The minimum atomic E-state index is 0.0430. The zero-order valence-corrected chi connectivity index (χ0v) is 6.53. The van der Waals surface area contributed by atoms with Crippen LogP contribution < -0.4 is 5.32 Å². The quantitative estimate of drug-likeness (QED) is 0.597. The lowest BCUT2D eigenvalue weighted by Gasteiger charge is -2.24. The lowest BCUT2D eigenvalue weighted by Crippen LogP contribution is -2.46. The summed E-state index contributed by atoms with van der Waals surface area (Å²) in [4.78, 5) is 21.1. The Kier molecular flexibility index (Phi) is 2.32. The highest BCUT2D eigenvalue weighted by molar-refractivity contribution is 8.14. The zero-order valence-electron chi connectivity index (χ0n) is 5.72. The minimum Gasteiger partial charge on any atom is -0.343 e. The Balaban J connectivity index is 2.16. The summed E-state index contributed by atoms with van der Waals surface area (Å²) in [5, 5.41) is 2.81. The first kappa shape index (κ1) is 7.60. The van der Waals surface area contributed by atoms with Crippen molar-refractivity contribution in [2.45, 2.75) is 25.1 Å². The molecule has 0 bridgehead atoms. The van der Waals surface area contributed by atoms with Gasteiger partial charge in [0.2, 0.25) is 5.91 Å². The zero-order chi connectivity index (χ0) is 7.56. The minimum absolute atomic E-state index is 0.0430. The number of thioether (sulfide) groups is 1. The molecule has 0 aromatic heterocycles. The molecule has 1 atom stereocenters. The first-order valence-electron chi connectivity index (χ1n) is 3.21. The highest BCUT2D eigenvalue weighted by Crippen LogP contribution is 2.20. The van der Waals surface area contributed by atoms with Crippen molar-refractivity contribution >= 4 is 22.8 Å². The van der Waals surface area contributed by atoms with Crippen LogP contribution in [0, 0.1) is 0 Å². The van der Waals surface area contributed by atoms with E-state index in [4.69, 9.17) is 0 Å². The van der Waals surface area contributed by atoms with E-state index in [1.165, 1.54) is 11.8 Å². The lowest BCUT2D eigenvalue weighted by atomic mass is 10.3. The van der Waals surface area contributed by atoms with E-state index in [0.717, 1.165) is 0 Å². The molecule has 4 heteroatoms. The van der Waals surface area contributed by atoms with Crippen molar-refractivity contribution in [3.8, 4) is 0 Å². The number of rotatable bonds is 2. The van der Waals surface area contributed by atoms with E-state index in [1.54, 1.807) is 0 Å². The molecule has 1 saturated heterocycles. The molecule has 1 N–H and O–H groups in total. The van der Waals surface area contributed by atoms with E-state index in [2.05, 4.69) is 5.32 Å². The van der Waals surface area contributed by atoms with Crippen LogP contribution in [-0.4, -0.2) is 16.4 Å². The average molecular weight is 159 g/mol. The molecule has 1 amide bonds. The molecule has 0 aromatic carbocycles. The van der Waals surface area contributed by atoms with E-state index < -0.39 is 0 Å². The van der Waals surface area contributed by atoms with Crippen molar-refractivity contribution in [3.63, 3.8) is 0 Å². The highest BCUT2D eigenvalue weighted by Gasteiger charge is 2.27. The molecule has 0 spiro atoms. The van der Waals surface area contributed by atoms with Gasteiger partial charge in [0.25, 0.3) is 0 Å². The normalized spacial score (nSPS) is 23.3. The number of amides is 1. The number of hydrogen-bond acceptors (Lipinski definition) is 3. The molecule has 0 saturated carbocycles. The molecule has 0 radical (unpaired) electrons. The van der Waals surface area contributed by atoms with Crippen LogP contribution in [0.3, 0.4) is 0 Å². The molecule has 0 aliphatic carbocycles. The molecule has 56 valence electrons. The standard InChI is InChI=1S/C6H9NO2S/c1-2-6(9)10-5-3-4(8)7-5/h5H,2-3H2,1H3,(H,7,8). The van der Waals surface area contributed by atoms with E-state index >= 15 is 0 Å². The van der Waals surface area contributed by atoms with Crippen molar-refractivity contribution in [3.05, 3.63) is 0 Å². The van der Waals surface area contributed by atoms with Crippen molar-refractivity contribution in [2.75, 3.05) is 0 Å². The Morgan fingerprint density at radius 2 is 2.50 bits per heavy atom. The predicted molar refractivity (Wildman–Crippen MR) is 39.4 cm³/mol. The molecule has 1 rings (SSSR count). The van der Waals surface area contributed by atoms with Crippen LogP contribution in [0.25, 0.3) is 0 Å². The number of hydrogen-bond donors (Lipinski definition) is 1. The van der Waals surface area contributed by atoms with Gasteiger partial charge in [-0.3, -0.25) is 9.59 Å². The third kappa shape index (κ3) is 1.73. The van der Waals surface area contributed by atoms with Crippen LogP contribution in [0.2, 0.25) is 0 Å². The van der Waals surface area contributed by atoms with Crippen LogP contribution >= 0.6 is 11.8 Å². The SMILES string of the molecule is CCC(=O)SC1CC(=O)N1. The first-order valence-corrected chi connectivity index (χ1v) is 4.09. The fourth-order valence-electron chi connectivity index (χ4n) is 0.640. The monoisotopic (exact) mass is 159 g/mol. The second-order valence-corrected chi connectivity index (χ2v) is 3.36. The van der Waals surface area contributed by atoms with Crippen LogP contribution in [0.15, 0.2) is 0 Å². The maximum atomic E-state index is 10.7. The summed E-state index contributed by atoms with van der Waals surface area (Å²) in [6, 6.07) is 0. The van der Waals surface area contributed by atoms with Gasteiger partial charge in [-0.05, 0) is 0 Å². The van der Waals surface area contributed by atoms with Crippen LogP contribution in [0.5, 0.6) is 0 Å². The fraction of sp³-hybridized carbons (Fsp3) is 0.667. The van der Waals surface area contributed by atoms with Crippen molar-refractivity contribution in [2.24, 2.45) is 0 Å². The third-order valence-corrected chi connectivity index (χ3v) is 2.38. The number of carbonyl (C=O) groups is 2. The Labute approximate surface area is 63.6 Å². The van der Waals surface area contributed by atoms with Gasteiger partial charge < -0.3 is 5.32 Å². The van der Waals surface area contributed by atoms with Gasteiger partial charge in [0, 0.05) is 6.42 Å². The number of β-lactam (4-membered cyclic amide) rings is 1. The van der Waals surface area contributed by atoms with Crippen LogP contribution in [0.1, 0.15) is 19.8 Å². The van der Waals surface area contributed by atoms with Crippen LogP contribution in [0.4, 0.5) is 0 Å². The molecular formula is C6H9NO2S. The van der Waals surface area contributed by atoms with E-state index in [1.807, 2.05) is 6.92 Å². The summed E-state index contributed by atoms with van der Waals surface area (Å²) >= 11 is 1.22. The van der Waals surface area contributed by atoms with Crippen molar-refractivity contribution < 1.29 is 9.59 Å². The highest BCUT2D eigenvalue weighted by atomic mass is 32.2. The summed E-state index contributed by atoms with van der Waals surface area (Å²) < 4.78 is 0. The topological polar surface area (TPSA) is 46.2 Å². The van der Waals surface area contributed by atoms with Gasteiger partial charge in [-0.2, -0.15) is 0 Å². The Hall–Kier alpha value is -0.510. The van der Waals surface area contributed by atoms with Gasteiger partial charge in [-0.1, -0.05) is 18.7 Å². The molecule has 1 fully saturated rings. The number of carbonyl (C=O) groups excluding carboxylic acids is 2. The third-order valence-electron chi connectivity index (χ3n) is 1.26. The predicted octanol–water partition coefficient (Wildman–Crippen LogP) is 0.502. The van der Waals surface area contributed by atoms with Gasteiger partial charge in [0.05, 0.1) is 11.8 Å². The Morgan fingerprint density at radius 1 is 1.90 bits per heavy atom. The molecular weight excluding hydrogens is 150 g/mol. The second kappa shape index (κ2) is 3.05. The van der Waals surface area contributed by atoms with E-state index in [0.29, 0.717) is 12.8 Å². The van der Waals surface area contributed by atoms with Crippen molar-refractivity contribution in [1.82, 2.24) is 5.32 Å². The smallest absolute Gasteiger partial charge is 0.223 e. The first-order chi connectivity index (χ1) is 4.72.